The molecule has 10 heteroatoms. The van der Waals surface area contributed by atoms with Gasteiger partial charge in [-0.15, -0.1) is 0 Å². The summed E-state index contributed by atoms with van der Waals surface area (Å²) in [5.41, 5.74) is 2.56. The van der Waals surface area contributed by atoms with E-state index in [1.165, 1.54) is 6.07 Å². The predicted molar refractivity (Wildman–Crippen MR) is 118 cm³/mol. The summed E-state index contributed by atoms with van der Waals surface area (Å²) in [7, 11) is 0. The molecule has 170 valence electrons. The average molecular weight is 450 g/mol. The van der Waals surface area contributed by atoms with E-state index in [4.69, 9.17) is 9.47 Å². The van der Waals surface area contributed by atoms with E-state index in [0.717, 1.165) is 11.9 Å². The molecule has 0 bridgehead atoms. The van der Waals surface area contributed by atoms with Crippen molar-refractivity contribution in [2.45, 2.75) is 20.0 Å². The lowest BCUT2D eigenvalue weighted by Gasteiger charge is -2.26. The van der Waals surface area contributed by atoms with E-state index in [2.05, 4.69) is 20.2 Å². The first-order valence-electron chi connectivity index (χ1n) is 10.7. The second-order valence-corrected chi connectivity index (χ2v) is 7.91. The van der Waals surface area contributed by atoms with Crippen molar-refractivity contribution >= 4 is 16.9 Å². The Morgan fingerprint density at radius 1 is 1.24 bits per heavy atom. The van der Waals surface area contributed by atoms with Crippen molar-refractivity contribution in [2.24, 2.45) is 0 Å². The van der Waals surface area contributed by atoms with Crippen LogP contribution in [0.2, 0.25) is 0 Å². The largest absolute Gasteiger partial charge is 0.468 e. The van der Waals surface area contributed by atoms with Crippen molar-refractivity contribution in [3.63, 3.8) is 0 Å². The number of aromatic nitrogens is 5. The smallest absolute Gasteiger partial charge is 0.256 e. The van der Waals surface area contributed by atoms with Crippen LogP contribution < -0.4 is 4.74 Å². The molecule has 1 aliphatic rings. The molecule has 4 aromatic heterocycles. The highest BCUT2D eigenvalue weighted by Crippen LogP contribution is 2.28. The van der Waals surface area contributed by atoms with E-state index in [0.29, 0.717) is 60.3 Å². The molecular formula is C23H23FN6O3. The highest BCUT2D eigenvalue weighted by molar-refractivity contribution is 6.06. The Morgan fingerprint density at radius 2 is 2.06 bits per heavy atom. The third-order valence-electron chi connectivity index (χ3n) is 5.56. The summed E-state index contributed by atoms with van der Waals surface area (Å²) in [6.45, 7) is 5.85. The van der Waals surface area contributed by atoms with Crippen LogP contribution in [0.1, 0.15) is 34.8 Å². The minimum absolute atomic E-state index is 0.0753. The summed E-state index contributed by atoms with van der Waals surface area (Å²) >= 11 is 0. The molecule has 0 aromatic carbocycles. The van der Waals surface area contributed by atoms with Crippen LogP contribution in [0.5, 0.6) is 5.88 Å². The van der Waals surface area contributed by atoms with Gasteiger partial charge >= 0.3 is 0 Å². The summed E-state index contributed by atoms with van der Waals surface area (Å²) < 4.78 is 26.3. The van der Waals surface area contributed by atoms with Crippen LogP contribution in [0, 0.1) is 12.7 Å². The fourth-order valence-corrected chi connectivity index (χ4v) is 3.83. The third kappa shape index (κ3) is 4.17. The number of aryl methyl sites for hydroxylation is 1. The Hall–Kier alpha value is -3.79. The topological polar surface area (TPSA) is 98.2 Å². The number of fused-ring (bicyclic) bond motifs is 1. The number of nitrogens with zero attached hydrogens (tertiary/aromatic N) is 5. The number of amides is 1. The molecule has 0 saturated carbocycles. The summed E-state index contributed by atoms with van der Waals surface area (Å²) in [5.74, 6) is 0.498. The van der Waals surface area contributed by atoms with Crippen LogP contribution in [-0.4, -0.2) is 61.8 Å². The molecule has 1 atom stereocenters. The standard InChI is InChI=1S/C23H23FN6O3/c1-14-11-20(28-27-14)30-13-18(23(31)29-7-9-32-10-8-29)17-4-6-21(26-22(17)30)33-15(2)19-5-3-16(24)12-25-19/h3-6,11-13,15H,7-10H2,1-2H3,(H,27,28). The zero-order valence-corrected chi connectivity index (χ0v) is 18.3. The van der Waals surface area contributed by atoms with Gasteiger partial charge < -0.3 is 14.4 Å². The van der Waals surface area contributed by atoms with Gasteiger partial charge in [0.1, 0.15) is 11.9 Å². The van der Waals surface area contributed by atoms with Crippen molar-refractivity contribution in [3.05, 3.63) is 65.5 Å². The molecule has 5 rings (SSSR count). The van der Waals surface area contributed by atoms with Crippen molar-refractivity contribution in [3.8, 4) is 11.7 Å². The average Bonchev–Trinajstić information content (AvgIpc) is 3.43. The van der Waals surface area contributed by atoms with Gasteiger partial charge in [0.2, 0.25) is 5.88 Å². The van der Waals surface area contributed by atoms with E-state index in [-0.39, 0.29) is 5.91 Å². The summed E-state index contributed by atoms with van der Waals surface area (Å²) in [5, 5.41) is 7.96. The Morgan fingerprint density at radius 3 is 2.76 bits per heavy atom. The minimum Gasteiger partial charge on any atom is -0.468 e. The van der Waals surface area contributed by atoms with E-state index in [9.17, 15) is 9.18 Å². The zero-order valence-electron chi connectivity index (χ0n) is 18.3. The van der Waals surface area contributed by atoms with E-state index < -0.39 is 11.9 Å². The lowest BCUT2D eigenvalue weighted by Crippen LogP contribution is -2.40. The molecular weight excluding hydrogens is 427 g/mol. The fourth-order valence-electron chi connectivity index (χ4n) is 3.83. The Kier molecular flexibility index (Phi) is 5.51. The highest BCUT2D eigenvalue weighted by Gasteiger charge is 2.25. The van der Waals surface area contributed by atoms with Crippen molar-refractivity contribution in [1.82, 2.24) is 29.6 Å². The van der Waals surface area contributed by atoms with Gasteiger partial charge in [-0.2, -0.15) is 10.1 Å². The Labute approximate surface area is 189 Å². The van der Waals surface area contributed by atoms with E-state index in [1.807, 2.05) is 26.0 Å². The molecule has 5 heterocycles. The molecule has 9 nitrogen and oxygen atoms in total. The van der Waals surface area contributed by atoms with Crippen LogP contribution in [-0.2, 0) is 4.74 Å². The molecule has 0 spiro atoms. The normalized spacial score (nSPS) is 15.1. The lowest BCUT2D eigenvalue weighted by molar-refractivity contribution is 0.0304. The van der Waals surface area contributed by atoms with Crippen molar-refractivity contribution in [2.75, 3.05) is 26.3 Å². The summed E-state index contributed by atoms with van der Waals surface area (Å²) in [6.07, 6.45) is 2.47. The molecule has 1 N–H and O–H groups in total. The summed E-state index contributed by atoms with van der Waals surface area (Å²) in [4.78, 5) is 23.8. The van der Waals surface area contributed by atoms with Crippen molar-refractivity contribution in [1.29, 1.82) is 0 Å². The number of carbonyl (C=O) groups excluding carboxylic acids is 1. The van der Waals surface area contributed by atoms with Crippen LogP contribution in [0.3, 0.4) is 0 Å². The third-order valence-corrected chi connectivity index (χ3v) is 5.56. The Bertz CT molecular complexity index is 1290. The number of hydrogen-bond donors (Lipinski definition) is 1. The molecule has 0 aliphatic carbocycles. The maximum atomic E-state index is 13.3. The highest BCUT2D eigenvalue weighted by atomic mass is 19.1. The number of H-pyrrole nitrogens is 1. The number of ether oxygens (including phenoxy) is 2. The number of pyridine rings is 2. The molecule has 1 unspecified atom stereocenters. The van der Waals surface area contributed by atoms with E-state index in [1.54, 1.807) is 27.8 Å². The second-order valence-electron chi connectivity index (χ2n) is 7.91. The van der Waals surface area contributed by atoms with Crippen LogP contribution in [0.4, 0.5) is 4.39 Å². The molecule has 4 aromatic rings. The number of aromatic amines is 1. The maximum absolute atomic E-state index is 13.3. The minimum atomic E-state index is -0.443. The van der Waals surface area contributed by atoms with Gasteiger partial charge in [0.25, 0.3) is 5.91 Å². The van der Waals surface area contributed by atoms with Crippen LogP contribution in [0.25, 0.3) is 16.9 Å². The predicted octanol–water partition coefficient (Wildman–Crippen LogP) is 3.20. The number of halogens is 1. The zero-order chi connectivity index (χ0) is 22.9. The first-order chi connectivity index (χ1) is 16.0. The number of morpholine rings is 1. The molecule has 1 saturated heterocycles. The quantitative estimate of drug-likeness (QED) is 0.501. The van der Waals surface area contributed by atoms with Gasteiger partial charge in [-0.05, 0) is 32.0 Å². The first-order valence-corrected chi connectivity index (χ1v) is 10.7. The van der Waals surface area contributed by atoms with Crippen molar-refractivity contribution < 1.29 is 18.7 Å². The number of carbonyl (C=O) groups is 1. The second kappa shape index (κ2) is 8.62. The Balaban J connectivity index is 1.53. The maximum Gasteiger partial charge on any atom is 0.256 e. The lowest BCUT2D eigenvalue weighted by atomic mass is 10.2. The molecule has 0 radical (unpaired) electrons. The SMILES string of the molecule is Cc1cc(-n2cc(C(=O)N3CCOCC3)c3ccc(OC(C)c4ccc(F)cn4)nc32)n[nH]1. The molecule has 1 amide bonds. The van der Waals surface area contributed by atoms with Gasteiger partial charge in [-0.1, -0.05) is 0 Å². The number of nitrogens with one attached hydrogen (secondary N) is 1. The molecule has 1 aliphatic heterocycles. The van der Waals surface area contributed by atoms with E-state index >= 15 is 0 Å². The van der Waals surface area contributed by atoms with Gasteiger partial charge in [0.05, 0.1) is 30.7 Å². The number of rotatable bonds is 5. The van der Waals surface area contributed by atoms with Gasteiger partial charge in [-0.3, -0.25) is 19.4 Å². The summed E-state index contributed by atoms with van der Waals surface area (Å²) in [6, 6.07) is 8.34. The van der Waals surface area contributed by atoms with Gasteiger partial charge in [-0.25, -0.2) is 4.39 Å². The van der Waals surface area contributed by atoms with Crippen LogP contribution in [0.15, 0.2) is 42.7 Å². The fraction of sp³-hybridized carbons (Fsp3) is 0.304. The van der Waals surface area contributed by atoms with Gasteiger partial charge in [0, 0.05) is 42.5 Å². The molecule has 1 fully saturated rings. The first kappa shape index (κ1) is 21.1. The van der Waals surface area contributed by atoms with Gasteiger partial charge in [0.15, 0.2) is 11.5 Å². The monoisotopic (exact) mass is 450 g/mol. The molecule has 33 heavy (non-hydrogen) atoms. The number of hydrogen-bond acceptors (Lipinski definition) is 6. The van der Waals surface area contributed by atoms with Crippen LogP contribution >= 0.6 is 0 Å².